The number of ether oxygens (including phenoxy) is 1. The summed E-state index contributed by atoms with van der Waals surface area (Å²) in [5.74, 6) is 0.0697. The lowest BCUT2D eigenvalue weighted by Gasteiger charge is -2.30. The van der Waals surface area contributed by atoms with Crippen LogP contribution in [0.1, 0.15) is 6.92 Å². The Kier molecular flexibility index (Phi) is 2.66. The molecule has 12 heavy (non-hydrogen) atoms. The minimum atomic E-state index is -1.22. The van der Waals surface area contributed by atoms with Crippen LogP contribution in [-0.2, 0) is 4.74 Å². The van der Waals surface area contributed by atoms with Gasteiger partial charge in [0.2, 0.25) is 5.90 Å². The van der Waals surface area contributed by atoms with Crippen molar-refractivity contribution in [3.63, 3.8) is 0 Å². The van der Waals surface area contributed by atoms with Crippen LogP contribution in [0.4, 0.5) is 0 Å². The Morgan fingerprint density at radius 2 is 1.83 bits per heavy atom. The molecule has 0 spiro atoms. The van der Waals surface area contributed by atoms with Gasteiger partial charge in [-0.2, -0.15) is 0 Å². The van der Waals surface area contributed by atoms with E-state index in [2.05, 4.69) is 4.99 Å². The van der Waals surface area contributed by atoms with Crippen LogP contribution < -0.4 is 0 Å². The molecule has 0 aromatic rings. The molecular weight excluding hydrogens is 162 g/mol. The molecule has 1 aliphatic heterocycles. The molecule has 0 aliphatic carbocycles. The minimum Gasteiger partial charge on any atom is -0.482 e. The van der Waals surface area contributed by atoms with Gasteiger partial charge in [0.15, 0.2) is 6.10 Å². The molecule has 1 heterocycles. The molecule has 4 atom stereocenters. The van der Waals surface area contributed by atoms with Crippen LogP contribution in [-0.4, -0.2) is 52.7 Å². The SMILES string of the molecule is COC1=N[C@@H](C)[C@@H](O)[C@@H](O)[C@@H]1O. The second-order valence-electron chi connectivity index (χ2n) is 2.84. The first-order valence-corrected chi connectivity index (χ1v) is 3.73. The molecule has 5 nitrogen and oxygen atoms in total. The van der Waals surface area contributed by atoms with E-state index in [4.69, 9.17) is 4.74 Å². The van der Waals surface area contributed by atoms with Gasteiger partial charge in [-0.25, -0.2) is 4.99 Å². The number of nitrogens with zero attached hydrogens (tertiary/aromatic N) is 1. The van der Waals surface area contributed by atoms with E-state index >= 15 is 0 Å². The highest BCUT2D eigenvalue weighted by molar-refractivity contribution is 5.82. The summed E-state index contributed by atoms with van der Waals surface area (Å²) in [6.07, 6.45) is -3.47. The third-order valence-electron chi connectivity index (χ3n) is 1.96. The molecule has 0 radical (unpaired) electrons. The second kappa shape index (κ2) is 3.38. The lowest BCUT2D eigenvalue weighted by molar-refractivity contribution is -0.0566. The zero-order chi connectivity index (χ0) is 9.30. The zero-order valence-electron chi connectivity index (χ0n) is 7.01. The van der Waals surface area contributed by atoms with Gasteiger partial charge in [-0.15, -0.1) is 0 Å². The Morgan fingerprint density at radius 3 is 2.33 bits per heavy atom. The minimum absolute atomic E-state index is 0.0697. The third-order valence-corrected chi connectivity index (χ3v) is 1.96. The highest BCUT2D eigenvalue weighted by atomic mass is 16.5. The molecule has 0 unspecified atom stereocenters. The fourth-order valence-electron chi connectivity index (χ4n) is 1.15. The van der Waals surface area contributed by atoms with Crippen LogP contribution >= 0.6 is 0 Å². The molecule has 0 aromatic heterocycles. The summed E-state index contributed by atoms with van der Waals surface area (Å²) in [7, 11) is 1.36. The van der Waals surface area contributed by atoms with E-state index in [9.17, 15) is 15.3 Å². The summed E-state index contributed by atoms with van der Waals surface area (Å²) in [6, 6.07) is -0.446. The first-order valence-electron chi connectivity index (χ1n) is 3.73. The van der Waals surface area contributed by atoms with E-state index < -0.39 is 24.4 Å². The second-order valence-corrected chi connectivity index (χ2v) is 2.84. The summed E-state index contributed by atoms with van der Waals surface area (Å²) in [6.45, 7) is 1.64. The van der Waals surface area contributed by atoms with Crippen LogP contribution in [0.15, 0.2) is 4.99 Å². The Balaban J connectivity index is 2.84. The standard InChI is InChI=1S/C7H13NO4/c1-3-4(9)5(10)6(11)7(8-3)12-2/h3-6,9-11H,1-2H3/t3-,4+,5+,6-/m0/s1. The van der Waals surface area contributed by atoms with E-state index in [1.54, 1.807) is 6.92 Å². The lowest BCUT2D eigenvalue weighted by atomic mass is 9.99. The monoisotopic (exact) mass is 175 g/mol. The van der Waals surface area contributed by atoms with Crippen LogP contribution in [0.5, 0.6) is 0 Å². The summed E-state index contributed by atoms with van der Waals surface area (Å²) in [5.41, 5.74) is 0. The van der Waals surface area contributed by atoms with Gasteiger partial charge in [0.05, 0.1) is 13.2 Å². The number of hydrogen-bond donors (Lipinski definition) is 3. The lowest BCUT2D eigenvalue weighted by Crippen LogP contribution is -2.51. The van der Waals surface area contributed by atoms with Crippen LogP contribution in [0.3, 0.4) is 0 Å². The molecule has 0 amide bonds. The van der Waals surface area contributed by atoms with E-state index in [1.807, 2.05) is 0 Å². The fourth-order valence-corrected chi connectivity index (χ4v) is 1.15. The highest BCUT2D eigenvalue weighted by Gasteiger charge is 2.37. The van der Waals surface area contributed by atoms with Crippen molar-refractivity contribution in [2.45, 2.75) is 31.3 Å². The molecule has 1 rings (SSSR count). The van der Waals surface area contributed by atoms with Gasteiger partial charge in [-0.1, -0.05) is 0 Å². The topological polar surface area (TPSA) is 82.3 Å². The van der Waals surface area contributed by atoms with Crippen molar-refractivity contribution in [1.29, 1.82) is 0 Å². The molecular formula is C7H13NO4. The Bertz CT molecular complexity index is 194. The van der Waals surface area contributed by atoms with E-state index in [0.29, 0.717) is 0 Å². The van der Waals surface area contributed by atoms with Gasteiger partial charge in [-0.3, -0.25) is 0 Å². The first kappa shape index (κ1) is 9.44. The molecule has 3 N–H and O–H groups in total. The van der Waals surface area contributed by atoms with Gasteiger partial charge in [0, 0.05) is 0 Å². The van der Waals surface area contributed by atoms with Gasteiger partial charge in [0.25, 0.3) is 0 Å². The molecule has 0 bridgehead atoms. The van der Waals surface area contributed by atoms with Crippen LogP contribution in [0, 0.1) is 0 Å². The van der Waals surface area contributed by atoms with Crippen molar-refractivity contribution in [2.24, 2.45) is 4.99 Å². The molecule has 5 heteroatoms. The smallest absolute Gasteiger partial charge is 0.215 e. The Labute approximate surface area is 70.3 Å². The number of aliphatic hydroxyl groups excluding tert-OH is 3. The Hall–Kier alpha value is -0.650. The summed E-state index contributed by atoms with van der Waals surface area (Å²) < 4.78 is 4.72. The van der Waals surface area contributed by atoms with Gasteiger partial charge in [-0.05, 0) is 6.92 Å². The number of hydrogen-bond acceptors (Lipinski definition) is 5. The maximum atomic E-state index is 9.26. The molecule has 0 fully saturated rings. The molecule has 0 saturated carbocycles. The molecule has 1 aliphatic rings. The predicted octanol–water partition coefficient (Wildman–Crippen LogP) is -1.48. The van der Waals surface area contributed by atoms with E-state index in [1.165, 1.54) is 7.11 Å². The number of methoxy groups -OCH3 is 1. The van der Waals surface area contributed by atoms with Crippen molar-refractivity contribution >= 4 is 5.90 Å². The number of aliphatic imine (C=N–C) groups is 1. The highest BCUT2D eigenvalue weighted by Crippen LogP contribution is 2.15. The van der Waals surface area contributed by atoms with Gasteiger partial charge < -0.3 is 20.1 Å². The van der Waals surface area contributed by atoms with Gasteiger partial charge >= 0.3 is 0 Å². The average Bonchev–Trinajstić information content (AvgIpc) is 2.08. The molecule has 0 aromatic carbocycles. The van der Waals surface area contributed by atoms with Crippen molar-refractivity contribution in [2.75, 3.05) is 7.11 Å². The fraction of sp³-hybridized carbons (Fsp3) is 0.857. The quantitative estimate of drug-likeness (QED) is 0.419. The molecule has 70 valence electrons. The maximum Gasteiger partial charge on any atom is 0.215 e. The van der Waals surface area contributed by atoms with E-state index in [0.717, 1.165) is 0 Å². The van der Waals surface area contributed by atoms with Crippen molar-refractivity contribution in [1.82, 2.24) is 0 Å². The Morgan fingerprint density at radius 1 is 1.25 bits per heavy atom. The zero-order valence-corrected chi connectivity index (χ0v) is 7.01. The summed E-state index contributed by atoms with van der Waals surface area (Å²) in [4.78, 5) is 3.85. The number of aliphatic hydroxyl groups is 3. The number of rotatable bonds is 0. The van der Waals surface area contributed by atoms with Crippen LogP contribution in [0.25, 0.3) is 0 Å². The van der Waals surface area contributed by atoms with Crippen LogP contribution in [0.2, 0.25) is 0 Å². The first-order chi connectivity index (χ1) is 5.57. The summed E-state index contributed by atoms with van der Waals surface area (Å²) >= 11 is 0. The maximum absolute atomic E-state index is 9.26. The third kappa shape index (κ3) is 1.43. The van der Waals surface area contributed by atoms with Gasteiger partial charge in [0.1, 0.15) is 12.2 Å². The van der Waals surface area contributed by atoms with E-state index in [-0.39, 0.29) is 5.90 Å². The van der Waals surface area contributed by atoms with Crippen molar-refractivity contribution < 1.29 is 20.1 Å². The largest absolute Gasteiger partial charge is 0.482 e. The normalized spacial score (nSPS) is 42.2. The van der Waals surface area contributed by atoms with Crippen molar-refractivity contribution in [3.8, 4) is 0 Å². The molecule has 0 saturated heterocycles. The summed E-state index contributed by atoms with van der Waals surface area (Å²) in [5, 5.41) is 27.8. The predicted molar refractivity (Wildman–Crippen MR) is 41.9 cm³/mol. The van der Waals surface area contributed by atoms with Crippen molar-refractivity contribution in [3.05, 3.63) is 0 Å². The average molecular weight is 175 g/mol.